The van der Waals surface area contributed by atoms with E-state index in [1.54, 1.807) is 12.4 Å². The summed E-state index contributed by atoms with van der Waals surface area (Å²) in [6, 6.07) is 7.65. The molecule has 3 heterocycles. The molecule has 1 aliphatic heterocycles. The van der Waals surface area contributed by atoms with Crippen LogP contribution in [0.2, 0.25) is 0 Å². The van der Waals surface area contributed by atoms with Gasteiger partial charge in [0.05, 0.1) is 11.7 Å². The van der Waals surface area contributed by atoms with Crippen LogP contribution in [0.3, 0.4) is 0 Å². The van der Waals surface area contributed by atoms with E-state index in [9.17, 15) is 4.79 Å². The van der Waals surface area contributed by atoms with Crippen LogP contribution in [0.15, 0.2) is 36.7 Å². The van der Waals surface area contributed by atoms with E-state index in [0.29, 0.717) is 17.7 Å². The second-order valence-corrected chi connectivity index (χ2v) is 6.82. The summed E-state index contributed by atoms with van der Waals surface area (Å²) in [5.74, 6) is 1.77. The van der Waals surface area contributed by atoms with E-state index >= 15 is 0 Å². The number of aromatic nitrogens is 3. The number of amides is 1. The van der Waals surface area contributed by atoms with Gasteiger partial charge in [0.15, 0.2) is 0 Å². The van der Waals surface area contributed by atoms with Crippen molar-refractivity contribution < 1.29 is 4.79 Å². The molecule has 130 valence electrons. The fraction of sp³-hybridized carbons (Fsp3) is 0.474. The van der Waals surface area contributed by atoms with Crippen molar-refractivity contribution in [1.29, 1.82) is 0 Å². The van der Waals surface area contributed by atoms with Crippen molar-refractivity contribution in [2.75, 3.05) is 11.9 Å². The summed E-state index contributed by atoms with van der Waals surface area (Å²) >= 11 is 0. The molecule has 2 aromatic rings. The van der Waals surface area contributed by atoms with Crippen molar-refractivity contribution in [3.63, 3.8) is 0 Å². The van der Waals surface area contributed by atoms with Gasteiger partial charge in [-0.1, -0.05) is 18.9 Å². The maximum absolute atomic E-state index is 12.9. The third-order valence-electron chi connectivity index (χ3n) is 5.16. The van der Waals surface area contributed by atoms with Crippen LogP contribution < -0.4 is 5.32 Å². The summed E-state index contributed by atoms with van der Waals surface area (Å²) < 4.78 is 0. The number of pyridine rings is 1. The molecule has 25 heavy (non-hydrogen) atoms. The van der Waals surface area contributed by atoms with E-state index in [-0.39, 0.29) is 12.0 Å². The molecule has 1 aliphatic carbocycles. The Morgan fingerprint density at radius 2 is 1.92 bits per heavy atom. The Bertz CT molecular complexity index is 730. The molecule has 6 heteroatoms. The molecule has 1 saturated heterocycles. The summed E-state index contributed by atoms with van der Waals surface area (Å²) in [4.78, 5) is 28.1. The number of nitrogens with zero attached hydrogens (tertiary/aromatic N) is 4. The van der Waals surface area contributed by atoms with E-state index in [4.69, 9.17) is 0 Å². The van der Waals surface area contributed by atoms with Crippen LogP contribution in [0.4, 0.5) is 11.8 Å². The zero-order valence-corrected chi connectivity index (χ0v) is 14.3. The molecule has 0 bridgehead atoms. The first kappa shape index (κ1) is 16.0. The molecule has 2 fully saturated rings. The molecule has 0 spiro atoms. The van der Waals surface area contributed by atoms with E-state index < -0.39 is 0 Å². The lowest BCUT2D eigenvalue weighted by Crippen LogP contribution is -2.35. The monoisotopic (exact) mass is 337 g/mol. The summed E-state index contributed by atoms with van der Waals surface area (Å²) in [6.45, 7) is 0.840. The fourth-order valence-corrected chi connectivity index (χ4v) is 3.91. The maximum atomic E-state index is 12.9. The molecular weight excluding hydrogens is 314 g/mol. The van der Waals surface area contributed by atoms with Gasteiger partial charge in [-0.25, -0.2) is 15.0 Å². The van der Waals surface area contributed by atoms with Crippen molar-refractivity contribution in [2.45, 2.75) is 44.6 Å². The van der Waals surface area contributed by atoms with Crippen LogP contribution in [0.5, 0.6) is 0 Å². The molecule has 4 rings (SSSR count). The van der Waals surface area contributed by atoms with E-state index in [2.05, 4.69) is 20.3 Å². The summed E-state index contributed by atoms with van der Waals surface area (Å²) in [6.07, 6.45) is 9.93. The topological polar surface area (TPSA) is 71.0 Å². The number of nitrogens with one attached hydrogen (secondary N) is 1. The zero-order valence-electron chi connectivity index (χ0n) is 14.3. The molecule has 1 saturated carbocycles. The highest BCUT2D eigenvalue weighted by Crippen LogP contribution is 2.35. The van der Waals surface area contributed by atoms with Gasteiger partial charge in [0, 0.05) is 24.9 Å². The number of carbonyl (C=O) groups is 1. The number of carbonyl (C=O) groups excluding carboxylic acids is 1. The average Bonchev–Trinajstić information content (AvgIpc) is 3.34. The normalized spacial score (nSPS) is 20.8. The van der Waals surface area contributed by atoms with Gasteiger partial charge in [0.2, 0.25) is 11.9 Å². The van der Waals surface area contributed by atoms with Crippen molar-refractivity contribution >= 4 is 17.7 Å². The van der Waals surface area contributed by atoms with Crippen molar-refractivity contribution in [3.05, 3.63) is 42.4 Å². The Hall–Kier alpha value is -2.50. The minimum absolute atomic E-state index is 0.0698. The van der Waals surface area contributed by atoms with Crippen LogP contribution in [-0.2, 0) is 4.79 Å². The SMILES string of the molecule is O=C(C1CCCC1)N1CCC[C@@H]1c1ccnc(Nc2ccccn2)n1. The predicted molar refractivity (Wildman–Crippen MR) is 95.2 cm³/mol. The second kappa shape index (κ2) is 7.17. The average molecular weight is 337 g/mol. The number of rotatable bonds is 4. The number of likely N-dealkylation sites (tertiary alicyclic amines) is 1. The molecule has 0 radical (unpaired) electrons. The van der Waals surface area contributed by atoms with Crippen LogP contribution in [-0.4, -0.2) is 32.3 Å². The fourth-order valence-electron chi connectivity index (χ4n) is 3.91. The first-order valence-corrected chi connectivity index (χ1v) is 9.13. The van der Waals surface area contributed by atoms with Crippen LogP contribution in [0, 0.1) is 5.92 Å². The minimum atomic E-state index is 0.0698. The molecule has 2 aromatic heterocycles. The molecular formula is C19H23N5O. The number of hydrogen-bond donors (Lipinski definition) is 1. The Balaban J connectivity index is 1.52. The van der Waals surface area contributed by atoms with Crippen LogP contribution in [0.25, 0.3) is 0 Å². The van der Waals surface area contributed by atoms with Crippen LogP contribution >= 0.6 is 0 Å². The van der Waals surface area contributed by atoms with Crippen molar-refractivity contribution in [1.82, 2.24) is 19.9 Å². The van der Waals surface area contributed by atoms with Gasteiger partial charge in [-0.2, -0.15) is 0 Å². The highest BCUT2D eigenvalue weighted by atomic mass is 16.2. The van der Waals surface area contributed by atoms with Gasteiger partial charge < -0.3 is 10.2 Å². The van der Waals surface area contributed by atoms with Gasteiger partial charge in [0.1, 0.15) is 5.82 Å². The lowest BCUT2D eigenvalue weighted by atomic mass is 10.0. The number of hydrogen-bond acceptors (Lipinski definition) is 5. The third-order valence-corrected chi connectivity index (χ3v) is 5.16. The molecule has 0 aromatic carbocycles. The second-order valence-electron chi connectivity index (χ2n) is 6.82. The Kier molecular flexibility index (Phi) is 4.59. The van der Waals surface area contributed by atoms with E-state index in [1.165, 1.54) is 12.8 Å². The smallest absolute Gasteiger partial charge is 0.228 e. The summed E-state index contributed by atoms with van der Waals surface area (Å²) in [5.41, 5.74) is 0.914. The van der Waals surface area contributed by atoms with Crippen molar-refractivity contribution in [2.24, 2.45) is 5.92 Å². The standard InChI is InChI=1S/C19H23N5O/c25-18(14-6-1-2-7-14)24-13-5-8-16(24)15-10-12-21-19(22-15)23-17-9-3-4-11-20-17/h3-4,9-12,14,16H,1-2,5-8,13H2,(H,20,21,22,23)/t16-/m1/s1. The molecule has 0 unspecified atom stereocenters. The summed E-state index contributed by atoms with van der Waals surface area (Å²) in [5, 5.41) is 3.13. The highest BCUT2D eigenvalue weighted by Gasteiger charge is 2.35. The van der Waals surface area contributed by atoms with E-state index in [1.807, 2.05) is 29.2 Å². The van der Waals surface area contributed by atoms with Gasteiger partial charge in [-0.05, 0) is 43.9 Å². The van der Waals surface area contributed by atoms with Gasteiger partial charge in [0.25, 0.3) is 0 Å². The largest absolute Gasteiger partial charge is 0.334 e. The molecule has 1 N–H and O–H groups in total. The number of anilines is 2. The minimum Gasteiger partial charge on any atom is -0.334 e. The van der Waals surface area contributed by atoms with Crippen molar-refractivity contribution in [3.8, 4) is 0 Å². The van der Waals surface area contributed by atoms with Crippen LogP contribution in [0.1, 0.15) is 50.3 Å². The van der Waals surface area contributed by atoms with Gasteiger partial charge in [-0.15, -0.1) is 0 Å². The maximum Gasteiger partial charge on any atom is 0.228 e. The first-order chi connectivity index (χ1) is 12.3. The molecule has 2 aliphatic rings. The molecule has 1 amide bonds. The Morgan fingerprint density at radius 3 is 2.72 bits per heavy atom. The molecule has 6 nitrogen and oxygen atoms in total. The Morgan fingerprint density at radius 1 is 1.04 bits per heavy atom. The first-order valence-electron chi connectivity index (χ1n) is 9.13. The third kappa shape index (κ3) is 3.48. The molecule has 1 atom stereocenters. The lowest BCUT2D eigenvalue weighted by molar-refractivity contribution is -0.136. The predicted octanol–water partition coefficient (Wildman–Crippen LogP) is 3.47. The highest BCUT2D eigenvalue weighted by molar-refractivity contribution is 5.79. The van der Waals surface area contributed by atoms with Gasteiger partial charge >= 0.3 is 0 Å². The zero-order chi connectivity index (χ0) is 17.1. The summed E-state index contributed by atoms with van der Waals surface area (Å²) in [7, 11) is 0. The van der Waals surface area contributed by atoms with Gasteiger partial charge in [-0.3, -0.25) is 4.79 Å². The quantitative estimate of drug-likeness (QED) is 0.925. The lowest BCUT2D eigenvalue weighted by Gasteiger charge is -2.27. The van der Waals surface area contributed by atoms with E-state index in [0.717, 1.165) is 37.9 Å². The Labute approximate surface area is 147 Å².